The van der Waals surface area contributed by atoms with Gasteiger partial charge in [-0.25, -0.2) is 14.8 Å². The van der Waals surface area contributed by atoms with Crippen LogP contribution in [-0.4, -0.2) is 21.5 Å². The van der Waals surface area contributed by atoms with Crippen LogP contribution in [0.4, 0.5) is 8.78 Å². The van der Waals surface area contributed by atoms with E-state index < -0.39 is 23.2 Å². The van der Waals surface area contributed by atoms with E-state index in [1.807, 2.05) is 0 Å². The van der Waals surface area contributed by atoms with E-state index in [-0.39, 0.29) is 0 Å². The Kier molecular flexibility index (Phi) is 3.21. The molecular weight excluding hydrogens is 218 g/mol. The predicted molar refractivity (Wildman–Crippen MR) is 51.8 cm³/mol. The minimum absolute atomic E-state index is 0.670. The van der Waals surface area contributed by atoms with Gasteiger partial charge in [-0.2, -0.15) is 8.78 Å². The average Bonchev–Trinajstić information content (AvgIpc) is 2.16. The van der Waals surface area contributed by atoms with Gasteiger partial charge in [0.25, 0.3) is 0 Å². The number of hydrogen-bond acceptors (Lipinski definition) is 4. The molecule has 6 heteroatoms. The third-order valence-electron chi connectivity index (χ3n) is 1.56. The first-order valence-electron chi connectivity index (χ1n) is 4.61. The quantitative estimate of drug-likeness (QED) is 0.728. The van der Waals surface area contributed by atoms with Crippen LogP contribution >= 0.6 is 0 Å². The Hall–Kier alpha value is -1.59. The van der Waals surface area contributed by atoms with E-state index in [1.165, 1.54) is 20.8 Å². The summed E-state index contributed by atoms with van der Waals surface area (Å²) in [7, 11) is 0. The number of carbonyl (C=O) groups is 1. The number of hydrogen-bond donors (Lipinski definition) is 0. The van der Waals surface area contributed by atoms with Gasteiger partial charge in [-0.3, -0.25) is 0 Å². The van der Waals surface area contributed by atoms with E-state index in [1.54, 1.807) is 0 Å². The molecule has 0 unspecified atom stereocenters. The summed E-state index contributed by atoms with van der Waals surface area (Å²) in [5.74, 6) is -5.37. The van der Waals surface area contributed by atoms with Crippen LogP contribution in [0.3, 0.4) is 0 Å². The molecule has 0 amide bonds. The minimum atomic E-state index is -3.75. The summed E-state index contributed by atoms with van der Waals surface area (Å²) in [5.41, 5.74) is -1.63. The summed E-state index contributed by atoms with van der Waals surface area (Å²) in [6, 6.07) is 0.976. The molecule has 0 atom stereocenters. The Balaban J connectivity index is 2.90. The summed E-state index contributed by atoms with van der Waals surface area (Å²) in [6.07, 6.45) is 2.09. The normalized spacial score (nSPS) is 12.3. The molecule has 0 saturated heterocycles. The molecule has 0 aliphatic rings. The molecule has 0 aliphatic carbocycles. The number of nitrogens with zero attached hydrogens (tertiary/aromatic N) is 2. The lowest BCUT2D eigenvalue weighted by Gasteiger charge is -2.23. The van der Waals surface area contributed by atoms with Crippen LogP contribution in [0.2, 0.25) is 0 Å². The van der Waals surface area contributed by atoms with Crippen molar-refractivity contribution in [3.05, 3.63) is 24.3 Å². The first-order valence-corrected chi connectivity index (χ1v) is 4.61. The zero-order valence-electron chi connectivity index (χ0n) is 9.20. The van der Waals surface area contributed by atoms with Crippen molar-refractivity contribution in [1.29, 1.82) is 0 Å². The molecule has 0 fully saturated rings. The maximum atomic E-state index is 13.5. The number of rotatable bonds is 2. The molecule has 88 valence electrons. The molecular formula is C10H12F2N2O2. The molecule has 0 aliphatic heterocycles. The highest BCUT2D eigenvalue weighted by atomic mass is 19.3. The van der Waals surface area contributed by atoms with Crippen LogP contribution < -0.4 is 0 Å². The van der Waals surface area contributed by atoms with Gasteiger partial charge in [-0.15, -0.1) is 0 Å². The number of alkyl halides is 2. The smallest absolute Gasteiger partial charge is 0.384 e. The third kappa shape index (κ3) is 2.95. The van der Waals surface area contributed by atoms with Crippen molar-refractivity contribution >= 4 is 5.97 Å². The van der Waals surface area contributed by atoms with Gasteiger partial charge in [0.2, 0.25) is 0 Å². The zero-order chi connectivity index (χ0) is 12.4. The van der Waals surface area contributed by atoms with Crippen molar-refractivity contribution in [2.75, 3.05) is 0 Å². The van der Waals surface area contributed by atoms with Gasteiger partial charge in [-0.1, -0.05) is 0 Å². The number of halogens is 2. The number of aromatic nitrogens is 2. The van der Waals surface area contributed by atoms with Gasteiger partial charge in [0.15, 0.2) is 0 Å². The Morgan fingerprint density at radius 1 is 1.38 bits per heavy atom. The summed E-state index contributed by atoms with van der Waals surface area (Å²) in [5, 5.41) is 0. The molecule has 0 radical (unpaired) electrons. The van der Waals surface area contributed by atoms with Crippen LogP contribution in [0.25, 0.3) is 0 Å². The maximum absolute atomic E-state index is 13.5. The van der Waals surface area contributed by atoms with Crippen LogP contribution in [-0.2, 0) is 15.5 Å². The number of carbonyl (C=O) groups excluding carboxylic acids is 1. The molecule has 0 spiro atoms. The Bertz CT molecular complexity index is 374. The highest BCUT2D eigenvalue weighted by Gasteiger charge is 2.45. The highest BCUT2D eigenvalue weighted by molar-refractivity contribution is 5.79. The average molecular weight is 230 g/mol. The molecule has 1 aromatic rings. The lowest BCUT2D eigenvalue weighted by atomic mass is 10.1. The second-order valence-electron chi connectivity index (χ2n) is 4.17. The number of ether oxygens (including phenoxy) is 1. The van der Waals surface area contributed by atoms with E-state index in [0.717, 1.165) is 18.6 Å². The van der Waals surface area contributed by atoms with Crippen molar-refractivity contribution in [3.8, 4) is 0 Å². The Morgan fingerprint density at radius 3 is 2.44 bits per heavy atom. The van der Waals surface area contributed by atoms with Crippen molar-refractivity contribution in [3.63, 3.8) is 0 Å². The first-order chi connectivity index (χ1) is 7.23. The third-order valence-corrected chi connectivity index (χ3v) is 1.56. The van der Waals surface area contributed by atoms with Crippen molar-refractivity contribution in [2.45, 2.75) is 32.3 Å². The van der Waals surface area contributed by atoms with Crippen molar-refractivity contribution in [2.24, 2.45) is 0 Å². The van der Waals surface area contributed by atoms with Gasteiger partial charge >= 0.3 is 11.9 Å². The van der Waals surface area contributed by atoms with Gasteiger partial charge in [0.05, 0.1) is 0 Å². The van der Waals surface area contributed by atoms with Crippen LogP contribution in [0.1, 0.15) is 26.5 Å². The molecule has 0 bridgehead atoms. The monoisotopic (exact) mass is 230 g/mol. The molecule has 0 aromatic carbocycles. The molecule has 1 heterocycles. The zero-order valence-corrected chi connectivity index (χ0v) is 9.20. The molecule has 1 aromatic heterocycles. The van der Waals surface area contributed by atoms with Gasteiger partial charge in [0.1, 0.15) is 17.6 Å². The van der Waals surface area contributed by atoms with Crippen molar-refractivity contribution in [1.82, 2.24) is 9.97 Å². The second kappa shape index (κ2) is 4.11. The highest BCUT2D eigenvalue weighted by Crippen LogP contribution is 2.29. The largest absolute Gasteiger partial charge is 0.455 e. The summed E-state index contributed by atoms with van der Waals surface area (Å²) in [4.78, 5) is 18.1. The molecule has 0 N–H and O–H groups in total. The fourth-order valence-corrected chi connectivity index (χ4v) is 0.923. The Labute approximate surface area is 91.7 Å². The standard InChI is InChI=1S/C10H12F2N2O2/c1-9(2,3)16-8(15)10(11,12)7-4-5-13-6-14-7/h4-6H,1-3H3. The number of esters is 1. The molecule has 0 saturated carbocycles. The fraction of sp³-hybridized carbons (Fsp3) is 0.500. The van der Waals surface area contributed by atoms with Gasteiger partial charge in [-0.05, 0) is 26.8 Å². The minimum Gasteiger partial charge on any atom is -0.455 e. The predicted octanol–water partition coefficient (Wildman–Crippen LogP) is 1.91. The van der Waals surface area contributed by atoms with E-state index in [0.29, 0.717) is 0 Å². The van der Waals surface area contributed by atoms with E-state index in [4.69, 9.17) is 0 Å². The second-order valence-corrected chi connectivity index (χ2v) is 4.17. The van der Waals surface area contributed by atoms with Crippen LogP contribution in [0, 0.1) is 0 Å². The summed E-state index contributed by atoms with van der Waals surface area (Å²) >= 11 is 0. The van der Waals surface area contributed by atoms with Gasteiger partial charge in [0, 0.05) is 6.20 Å². The van der Waals surface area contributed by atoms with Gasteiger partial charge < -0.3 is 4.74 Å². The topological polar surface area (TPSA) is 52.1 Å². The lowest BCUT2D eigenvalue weighted by molar-refractivity contribution is -0.185. The fourth-order valence-electron chi connectivity index (χ4n) is 0.923. The van der Waals surface area contributed by atoms with Crippen LogP contribution in [0.5, 0.6) is 0 Å². The van der Waals surface area contributed by atoms with E-state index in [9.17, 15) is 13.6 Å². The SMILES string of the molecule is CC(C)(C)OC(=O)C(F)(F)c1ccncn1. The summed E-state index contributed by atoms with van der Waals surface area (Å²) in [6.45, 7) is 4.54. The molecule has 1 rings (SSSR count). The Morgan fingerprint density at radius 2 is 2.00 bits per heavy atom. The van der Waals surface area contributed by atoms with Crippen LogP contribution in [0.15, 0.2) is 18.6 Å². The maximum Gasteiger partial charge on any atom is 0.384 e. The summed E-state index contributed by atoms with van der Waals surface area (Å²) < 4.78 is 31.6. The first kappa shape index (κ1) is 12.5. The van der Waals surface area contributed by atoms with Crippen molar-refractivity contribution < 1.29 is 18.3 Å². The lowest BCUT2D eigenvalue weighted by Crippen LogP contribution is -2.35. The van der Waals surface area contributed by atoms with E-state index >= 15 is 0 Å². The molecule has 4 nitrogen and oxygen atoms in total. The van der Waals surface area contributed by atoms with E-state index in [2.05, 4.69) is 14.7 Å². The molecule has 16 heavy (non-hydrogen) atoms.